The van der Waals surface area contributed by atoms with Crippen LogP contribution in [0.15, 0.2) is 38.0 Å². The highest BCUT2D eigenvalue weighted by Crippen LogP contribution is 2.25. The lowest BCUT2D eigenvalue weighted by Gasteiger charge is -2.27. The Bertz CT molecular complexity index is 305. The van der Waals surface area contributed by atoms with E-state index in [-0.39, 0.29) is 24.9 Å². The van der Waals surface area contributed by atoms with E-state index in [0.717, 1.165) is 0 Å². The summed E-state index contributed by atoms with van der Waals surface area (Å²) in [6.07, 6.45) is 3.60. The fourth-order valence-corrected chi connectivity index (χ4v) is 2.09. The summed E-state index contributed by atoms with van der Waals surface area (Å²) in [4.78, 5) is 0. The first-order chi connectivity index (χ1) is 9.78. The van der Waals surface area contributed by atoms with Gasteiger partial charge in [-0.05, 0) is 0 Å². The molecule has 0 unspecified atom stereocenters. The van der Waals surface area contributed by atoms with Crippen LogP contribution in [0.3, 0.4) is 0 Å². The normalized spacial score (nSPS) is 27.1. The van der Waals surface area contributed by atoms with E-state index in [2.05, 4.69) is 19.7 Å². The molecule has 0 aromatic heterocycles. The van der Waals surface area contributed by atoms with Crippen molar-refractivity contribution in [1.82, 2.24) is 0 Å². The summed E-state index contributed by atoms with van der Waals surface area (Å²) < 4.78 is 22.5. The molecule has 1 N–H and O–H groups in total. The fraction of sp³-hybridized carbons (Fsp3) is 0.600. The van der Waals surface area contributed by atoms with E-state index < -0.39 is 6.10 Å². The average molecular weight is 284 g/mol. The molecule has 0 aromatic carbocycles. The molecule has 0 aliphatic carbocycles. The second kappa shape index (κ2) is 9.85. The highest BCUT2D eigenvalue weighted by atomic mass is 16.6. The summed E-state index contributed by atoms with van der Waals surface area (Å²) in [7, 11) is 0. The van der Waals surface area contributed by atoms with Gasteiger partial charge in [-0.15, -0.1) is 19.7 Å². The SMILES string of the molecule is C=CCO[C@H]1[C@@H]([C@@H](CO)OCC=C)OC[C@@H]1OCC=C. The van der Waals surface area contributed by atoms with Crippen molar-refractivity contribution in [3.63, 3.8) is 0 Å². The van der Waals surface area contributed by atoms with E-state index in [1.807, 2.05) is 0 Å². The molecule has 0 aromatic rings. The van der Waals surface area contributed by atoms with E-state index in [4.69, 9.17) is 18.9 Å². The van der Waals surface area contributed by atoms with Crippen LogP contribution in [0.5, 0.6) is 0 Å². The Hall–Kier alpha value is -0.980. The Balaban J connectivity index is 2.67. The lowest BCUT2D eigenvalue weighted by atomic mass is 10.1. The molecule has 20 heavy (non-hydrogen) atoms. The van der Waals surface area contributed by atoms with Crippen molar-refractivity contribution in [2.75, 3.05) is 33.0 Å². The number of rotatable bonds is 11. The van der Waals surface area contributed by atoms with E-state index in [0.29, 0.717) is 26.4 Å². The lowest BCUT2D eigenvalue weighted by molar-refractivity contribution is -0.111. The molecule has 1 heterocycles. The van der Waals surface area contributed by atoms with E-state index in [1.165, 1.54) is 0 Å². The Labute approximate surface area is 120 Å². The monoisotopic (exact) mass is 284 g/mol. The summed E-state index contributed by atoms with van der Waals surface area (Å²) in [6, 6.07) is 0. The zero-order valence-electron chi connectivity index (χ0n) is 11.8. The molecule has 0 radical (unpaired) electrons. The largest absolute Gasteiger partial charge is 0.394 e. The molecule has 0 spiro atoms. The van der Waals surface area contributed by atoms with Gasteiger partial charge in [0.2, 0.25) is 0 Å². The maximum absolute atomic E-state index is 9.45. The van der Waals surface area contributed by atoms with Crippen molar-refractivity contribution in [1.29, 1.82) is 0 Å². The van der Waals surface area contributed by atoms with Crippen LogP contribution >= 0.6 is 0 Å². The summed E-state index contributed by atoms with van der Waals surface area (Å²) in [6.45, 7) is 12.2. The third-order valence-electron chi connectivity index (χ3n) is 2.95. The predicted octanol–water partition coefficient (Wildman–Crippen LogP) is 1.09. The van der Waals surface area contributed by atoms with Gasteiger partial charge in [0.05, 0.1) is 33.0 Å². The highest BCUT2D eigenvalue weighted by molar-refractivity contribution is 4.92. The number of hydrogen-bond acceptors (Lipinski definition) is 5. The summed E-state index contributed by atoms with van der Waals surface area (Å²) in [5.74, 6) is 0. The Morgan fingerprint density at radius 2 is 1.75 bits per heavy atom. The van der Waals surface area contributed by atoms with E-state index in [1.54, 1.807) is 18.2 Å². The molecule has 0 amide bonds. The molecule has 1 rings (SSSR count). The molecule has 1 aliphatic heterocycles. The maximum Gasteiger partial charge on any atom is 0.115 e. The quantitative estimate of drug-likeness (QED) is 0.576. The number of hydrogen-bond donors (Lipinski definition) is 1. The highest BCUT2D eigenvalue weighted by Gasteiger charge is 2.43. The molecule has 1 fully saturated rings. The zero-order valence-corrected chi connectivity index (χ0v) is 11.8. The predicted molar refractivity (Wildman–Crippen MR) is 76.6 cm³/mol. The minimum absolute atomic E-state index is 0.152. The van der Waals surface area contributed by atoms with Crippen LogP contribution in [-0.4, -0.2) is 62.6 Å². The van der Waals surface area contributed by atoms with Gasteiger partial charge in [0.25, 0.3) is 0 Å². The number of ether oxygens (including phenoxy) is 4. The van der Waals surface area contributed by atoms with Crippen molar-refractivity contribution in [3.05, 3.63) is 38.0 Å². The van der Waals surface area contributed by atoms with Gasteiger partial charge in [0.15, 0.2) is 0 Å². The molecule has 1 saturated heterocycles. The minimum atomic E-state index is -0.472. The average Bonchev–Trinajstić information content (AvgIpc) is 2.86. The van der Waals surface area contributed by atoms with Crippen LogP contribution in [-0.2, 0) is 18.9 Å². The van der Waals surface area contributed by atoms with Crippen molar-refractivity contribution < 1.29 is 24.1 Å². The van der Waals surface area contributed by atoms with Crippen LogP contribution in [0.2, 0.25) is 0 Å². The molecule has 0 bridgehead atoms. The number of aliphatic hydroxyl groups excluding tert-OH is 1. The van der Waals surface area contributed by atoms with Crippen LogP contribution in [0.25, 0.3) is 0 Å². The standard InChI is InChI=1S/C15H24O5/c1-4-7-17-12(10-16)14-15(19-9-6-3)13(11-20-14)18-8-5-2/h4-6,12-16H,1-3,7-11H2/t12-,13+,14-,15-/m1/s1. The Morgan fingerprint density at radius 1 is 1.10 bits per heavy atom. The van der Waals surface area contributed by atoms with Crippen LogP contribution < -0.4 is 0 Å². The molecule has 1 aliphatic rings. The number of aliphatic hydroxyl groups is 1. The van der Waals surface area contributed by atoms with Crippen molar-refractivity contribution in [2.24, 2.45) is 0 Å². The molecule has 4 atom stereocenters. The van der Waals surface area contributed by atoms with Crippen molar-refractivity contribution >= 4 is 0 Å². The first-order valence-corrected chi connectivity index (χ1v) is 6.68. The second-order valence-corrected chi connectivity index (χ2v) is 4.39. The zero-order chi connectivity index (χ0) is 14.8. The summed E-state index contributed by atoms with van der Waals surface area (Å²) >= 11 is 0. The molecule has 114 valence electrons. The van der Waals surface area contributed by atoms with Crippen molar-refractivity contribution in [3.8, 4) is 0 Å². The third-order valence-corrected chi connectivity index (χ3v) is 2.95. The van der Waals surface area contributed by atoms with Crippen LogP contribution in [0.4, 0.5) is 0 Å². The molecular weight excluding hydrogens is 260 g/mol. The second-order valence-electron chi connectivity index (χ2n) is 4.39. The van der Waals surface area contributed by atoms with Crippen LogP contribution in [0.1, 0.15) is 0 Å². The Kier molecular flexibility index (Phi) is 8.41. The Morgan fingerprint density at radius 3 is 2.35 bits per heavy atom. The summed E-state index contributed by atoms with van der Waals surface area (Å²) in [5.41, 5.74) is 0. The summed E-state index contributed by atoms with van der Waals surface area (Å²) in [5, 5.41) is 9.45. The third kappa shape index (κ3) is 4.85. The molecule has 5 heteroatoms. The van der Waals surface area contributed by atoms with E-state index >= 15 is 0 Å². The topological polar surface area (TPSA) is 57.2 Å². The smallest absolute Gasteiger partial charge is 0.115 e. The van der Waals surface area contributed by atoms with E-state index in [9.17, 15) is 5.11 Å². The van der Waals surface area contributed by atoms with Gasteiger partial charge in [-0.1, -0.05) is 18.2 Å². The molecular formula is C15H24O5. The minimum Gasteiger partial charge on any atom is -0.394 e. The van der Waals surface area contributed by atoms with Crippen molar-refractivity contribution in [2.45, 2.75) is 24.4 Å². The van der Waals surface area contributed by atoms with Crippen LogP contribution in [0, 0.1) is 0 Å². The van der Waals surface area contributed by atoms with Gasteiger partial charge >= 0.3 is 0 Å². The van der Waals surface area contributed by atoms with Gasteiger partial charge in [0.1, 0.15) is 24.4 Å². The maximum atomic E-state index is 9.45. The van der Waals surface area contributed by atoms with Gasteiger partial charge in [-0.25, -0.2) is 0 Å². The van der Waals surface area contributed by atoms with Gasteiger partial charge in [-0.2, -0.15) is 0 Å². The molecule has 0 saturated carbocycles. The fourth-order valence-electron chi connectivity index (χ4n) is 2.09. The molecule has 5 nitrogen and oxygen atoms in total. The van der Waals surface area contributed by atoms with Gasteiger partial charge in [0, 0.05) is 0 Å². The van der Waals surface area contributed by atoms with Gasteiger partial charge < -0.3 is 24.1 Å². The lowest BCUT2D eigenvalue weighted by Crippen LogP contribution is -2.44. The first kappa shape index (κ1) is 17.1. The first-order valence-electron chi connectivity index (χ1n) is 6.68. The van der Waals surface area contributed by atoms with Gasteiger partial charge in [-0.3, -0.25) is 0 Å².